The number of ether oxygens (including phenoxy) is 1. The van der Waals surface area contributed by atoms with Crippen molar-refractivity contribution in [1.82, 2.24) is 5.32 Å². The first-order valence-corrected chi connectivity index (χ1v) is 7.33. The molecular weight excluding hydrogens is 272 g/mol. The van der Waals surface area contributed by atoms with E-state index in [0.717, 1.165) is 24.9 Å². The zero-order valence-electron chi connectivity index (χ0n) is 12.5. The van der Waals surface area contributed by atoms with E-state index >= 15 is 0 Å². The van der Waals surface area contributed by atoms with Crippen LogP contribution >= 0.6 is 11.6 Å². The molecule has 1 N–H and O–H groups in total. The average Bonchev–Trinajstić information content (AvgIpc) is 2.37. The summed E-state index contributed by atoms with van der Waals surface area (Å²) in [7, 11) is 0. The Morgan fingerprint density at radius 1 is 1.30 bits per heavy atom. The summed E-state index contributed by atoms with van der Waals surface area (Å²) in [5, 5.41) is 12.5. The second-order valence-corrected chi connectivity index (χ2v) is 6.24. The van der Waals surface area contributed by atoms with Gasteiger partial charge in [0.1, 0.15) is 5.75 Å². The van der Waals surface area contributed by atoms with Crippen LogP contribution in [0.25, 0.3) is 0 Å². The van der Waals surface area contributed by atoms with Crippen molar-refractivity contribution in [3.8, 4) is 11.8 Å². The highest BCUT2D eigenvalue weighted by Crippen LogP contribution is 2.26. The molecule has 110 valence electrons. The van der Waals surface area contributed by atoms with Gasteiger partial charge in [0, 0.05) is 18.5 Å². The number of hydrogen-bond donors (Lipinski definition) is 1. The van der Waals surface area contributed by atoms with Crippen molar-refractivity contribution in [3.63, 3.8) is 0 Å². The fourth-order valence-corrected chi connectivity index (χ4v) is 1.88. The monoisotopic (exact) mass is 294 g/mol. The van der Waals surface area contributed by atoms with Crippen molar-refractivity contribution in [2.24, 2.45) is 0 Å². The highest BCUT2D eigenvalue weighted by Gasteiger charge is 2.09. The maximum absolute atomic E-state index is 8.45. The molecular formula is C16H23ClN2O. The van der Waals surface area contributed by atoms with Gasteiger partial charge in [-0.2, -0.15) is 5.26 Å². The van der Waals surface area contributed by atoms with Gasteiger partial charge in [0.25, 0.3) is 0 Å². The zero-order valence-corrected chi connectivity index (χ0v) is 13.3. The van der Waals surface area contributed by atoms with Crippen LogP contribution in [0, 0.1) is 11.3 Å². The first-order chi connectivity index (χ1) is 9.42. The van der Waals surface area contributed by atoms with Crippen LogP contribution in [-0.4, -0.2) is 12.1 Å². The molecule has 3 nitrogen and oxygen atoms in total. The molecule has 0 unspecified atom stereocenters. The number of rotatable bonds is 7. The van der Waals surface area contributed by atoms with Crippen molar-refractivity contribution >= 4 is 11.6 Å². The Bertz CT molecular complexity index is 461. The summed E-state index contributed by atoms with van der Waals surface area (Å²) >= 11 is 6.21. The van der Waals surface area contributed by atoms with Crippen LogP contribution in [0.3, 0.4) is 0 Å². The lowest BCUT2D eigenvalue weighted by Crippen LogP contribution is -2.35. The number of nitrogens with zero attached hydrogens (tertiary/aromatic N) is 1. The van der Waals surface area contributed by atoms with Crippen LogP contribution in [0.1, 0.15) is 45.6 Å². The van der Waals surface area contributed by atoms with Crippen LogP contribution in [0.2, 0.25) is 5.02 Å². The predicted molar refractivity (Wildman–Crippen MR) is 83.0 cm³/mol. The quantitative estimate of drug-likeness (QED) is 0.763. The number of benzene rings is 1. The smallest absolute Gasteiger partial charge is 0.137 e. The van der Waals surface area contributed by atoms with Crippen LogP contribution < -0.4 is 10.1 Å². The molecule has 0 aliphatic carbocycles. The minimum absolute atomic E-state index is 0.0857. The van der Waals surface area contributed by atoms with Crippen molar-refractivity contribution in [3.05, 3.63) is 28.8 Å². The molecule has 0 heterocycles. The van der Waals surface area contributed by atoms with Gasteiger partial charge < -0.3 is 10.1 Å². The topological polar surface area (TPSA) is 45.0 Å². The third-order valence-electron chi connectivity index (χ3n) is 2.76. The molecule has 0 atom stereocenters. The lowest BCUT2D eigenvalue weighted by Gasteiger charge is -2.20. The summed E-state index contributed by atoms with van der Waals surface area (Å²) in [5.41, 5.74) is 1.23. The largest absolute Gasteiger partial charge is 0.492 e. The van der Waals surface area contributed by atoms with Gasteiger partial charge in [0.15, 0.2) is 0 Å². The Kier molecular flexibility index (Phi) is 6.84. The number of nitrogens with one attached hydrogen (secondary N) is 1. The fraction of sp³-hybridized carbons (Fsp3) is 0.562. The maximum Gasteiger partial charge on any atom is 0.137 e. The zero-order chi connectivity index (χ0) is 15.0. The third-order valence-corrected chi connectivity index (χ3v) is 3.05. The molecule has 1 rings (SSSR count). The predicted octanol–water partition coefficient (Wildman–Crippen LogP) is 4.30. The Balaban J connectivity index is 2.45. The van der Waals surface area contributed by atoms with Gasteiger partial charge in [-0.3, -0.25) is 0 Å². The first-order valence-electron chi connectivity index (χ1n) is 6.95. The molecule has 0 saturated carbocycles. The summed E-state index contributed by atoms with van der Waals surface area (Å²) in [6.07, 6.45) is 2.31. The van der Waals surface area contributed by atoms with Gasteiger partial charge in [0.2, 0.25) is 0 Å². The van der Waals surface area contributed by atoms with E-state index in [4.69, 9.17) is 21.6 Å². The molecule has 0 aliphatic rings. The Labute approximate surface area is 126 Å². The van der Waals surface area contributed by atoms with E-state index in [0.29, 0.717) is 23.8 Å². The maximum atomic E-state index is 8.45. The molecule has 0 fully saturated rings. The number of hydrogen-bond acceptors (Lipinski definition) is 3. The van der Waals surface area contributed by atoms with E-state index in [-0.39, 0.29) is 5.54 Å². The molecule has 1 aromatic carbocycles. The Morgan fingerprint density at radius 2 is 2.05 bits per heavy atom. The summed E-state index contributed by atoms with van der Waals surface area (Å²) in [4.78, 5) is 0. The minimum atomic E-state index is 0.0857. The second-order valence-electron chi connectivity index (χ2n) is 5.83. The van der Waals surface area contributed by atoms with Crippen LogP contribution in [0.15, 0.2) is 18.2 Å². The molecule has 20 heavy (non-hydrogen) atoms. The van der Waals surface area contributed by atoms with E-state index in [1.165, 1.54) is 0 Å². The highest BCUT2D eigenvalue weighted by molar-refractivity contribution is 6.32. The number of nitriles is 1. The average molecular weight is 295 g/mol. The van der Waals surface area contributed by atoms with Crippen molar-refractivity contribution < 1.29 is 4.74 Å². The van der Waals surface area contributed by atoms with Crippen LogP contribution in [0.4, 0.5) is 0 Å². The lowest BCUT2D eigenvalue weighted by molar-refractivity contribution is 0.307. The SMILES string of the molecule is CC(C)(C)NCc1ccc(OCCCCC#N)c(Cl)c1. The first kappa shape index (κ1) is 16.8. The van der Waals surface area contributed by atoms with Crippen molar-refractivity contribution in [1.29, 1.82) is 5.26 Å². The number of halogens is 1. The normalized spacial score (nSPS) is 11.2. The Hall–Kier alpha value is -1.24. The molecule has 0 amide bonds. The highest BCUT2D eigenvalue weighted by atomic mass is 35.5. The molecule has 0 spiro atoms. The second kappa shape index (κ2) is 8.14. The molecule has 0 saturated heterocycles. The number of unbranched alkanes of at least 4 members (excludes halogenated alkanes) is 2. The molecule has 1 aromatic rings. The molecule has 0 bridgehead atoms. The van der Waals surface area contributed by atoms with Crippen molar-refractivity contribution in [2.45, 2.75) is 52.1 Å². The van der Waals surface area contributed by atoms with E-state index in [2.05, 4.69) is 32.2 Å². The fourth-order valence-electron chi connectivity index (χ4n) is 1.63. The van der Waals surface area contributed by atoms with Gasteiger partial charge in [-0.15, -0.1) is 0 Å². The van der Waals surface area contributed by atoms with E-state index in [9.17, 15) is 0 Å². The molecule has 0 aliphatic heterocycles. The Morgan fingerprint density at radius 3 is 2.65 bits per heavy atom. The summed E-state index contributed by atoms with van der Waals surface area (Å²) in [6.45, 7) is 7.78. The van der Waals surface area contributed by atoms with Crippen LogP contribution in [-0.2, 0) is 6.54 Å². The van der Waals surface area contributed by atoms with Gasteiger partial charge in [-0.25, -0.2) is 0 Å². The molecule has 4 heteroatoms. The van der Waals surface area contributed by atoms with E-state index < -0.39 is 0 Å². The molecule has 0 radical (unpaired) electrons. The molecule has 0 aromatic heterocycles. The third kappa shape index (κ3) is 6.79. The van der Waals surface area contributed by atoms with E-state index in [1.807, 2.05) is 18.2 Å². The summed E-state index contributed by atoms with van der Waals surface area (Å²) < 4.78 is 5.62. The van der Waals surface area contributed by atoms with Gasteiger partial charge in [0.05, 0.1) is 17.7 Å². The van der Waals surface area contributed by atoms with Gasteiger partial charge in [-0.1, -0.05) is 17.7 Å². The summed E-state index contributed by atoms with van der Waals surface area (Å²) in [6, 6.07) is 7.99. The standard InChI is InChI=1S/C16H23ClN2O/c1-16(2,3)19-12-13-7-8-15(14(17)11-13)20-10-6-4-5-9-18/h7-8,11,19H,4-6,10,12H2,1-3H3. The van der Waals surface area contributed by atoms with Crippen molar-refractivity contribution in [2.75, 3.05) is 6.61 Å². The van der Waals surface area contributed by atoms with E-state index in [1.54, 1.807) is 0 Å². The van der Waals surface area contributed by atoms with Gasteiger partial charge in [-0.05, 0) is 51.3 Å². The van der Waals surface area contributed by atoms with Crippen LogP contribution in [0.5, 0.6) is 5.75 Å². The minimum Gasteiger partial charge on any atom is -0.492 e. The summed E-state index contributed by atoms with van der Waals surface area (Å²) in [5.74, 6) is 0.711. The lowest BCUT2D eigenvalue weighted by atomic mass is 10.1. The van der Waals surface area contributed by atoms with Gasteiger partial charge >= 0.3 is 0 Å².